The summed E-state index contributed by atoms with van der Waals surface area (Å²) >= 11 is 0. The summed E-state index contributed by atoms with van der Waals surface area (Å²) in [5.41, 5.74) is 0.761. The lowest BCUT2D eigenvalue weighted by molar-refractivity contribution is -0.114. The highest BCUT2D eigenvalue weighted by atomic mass is 32.2. The highest BCUT2D eigenvalue weighted by Gasteiger charge is 2.46. The maximum absolute atomic E-state index is 14.5. The topological polar surface area (TPSA) is 75.7 Å². The Balaban J connectivity index is 1.56. The first-order chi connectivity index (χ1) is 13.3. The third kappa shape index (κ3) is 3.38. The monoisotopic (exact) mass is 404 g/mol. The lowest BCUT2D eigenvalue weighted by atomic mass is 9.90. The van der Waals surface area contributed by atoms with Crippen LogP contribution in [0.4, 0.5) is 10.1 Å². The molecule has 0 bridgehead atoms. The quantitative estimate of drug-likeness (QED) is 0.854. The van der Waals surface area contributed by atoms with Crippen LogP contribution in [0.1, 0.15) is 25.3 Å². The van der Waals surface area contributed by atoms with Crippen LogP contribution in [-0.4, -0.2) is 37.3 Å². The Morgan fingerprint density at radius 3 is 2.75 bits per heavy atom. The minimum Gasteiger partial charge on any atom is -0.486 e. The number of ether oxygens (including phenoxy) is 1. The summed E-state index contributed by atoms with van der Waals surface area (Å²) in [5.74, 6) is -0.452. The fourth-order valence-electron chi connectivity index (χ4n) is 3.89. The highest BCUT2D eigenvalue weighted by molar-refractivity contribution is 7.89. The molecule has 1 saturated heterocycles. The number of amides is 1. The van der Waals surface area contributed by atoms with E-state index in [0.29, 0.717) is 6.42 Å². The van der Waals surface area contributed by atoms with Crippen LogP contribution in [0.25, 0.3) is 0 Å². The standard InChI is InChI=1S/C20H21FN2O4S/c1-14(24)22-16-6-7-19(17(21)12-16)28(25,26)23-11-10-20(13-23)9-8-15-4-2-3-5-18(15)27-20/h2-7,12H,8-11,13H2,1H3,(H,22,24). The molecule has 0 aliphatic carbocycles. The van der Waals surface area contributed by atoms with Crippen molar-refractivity contribution in [3.05, 3.63) is 53.8 Å². The van der Waals surface area contributed by atoms with Gasteiger partial charge < -0.3 is 10.1 Å². The van der Waals surface area contributed by atoms with Gasteiger partial charge in [-0.25, -0.2) is 12.8 Å². The molecule has 148 valence electrons. The zero-order valence-corrected chi connectivity index (χ0v) is 16.3. The van der Waals surface area contributed by atoms with Gasteiger partial charge in [-0.2, -0.15) is 4.31 Å². The largest absolute Gasteiger partial charge is 0.486 e. The number of para-hydroxylation sites is 1. The van der Waals surface area contributed by atoms with Crippen LogP contribution in [-0.2, 0) is 21.2 Å². The van der Waals surface area contributed by atoms with Crippen LogP contribution in [0.5, 0.6) is 5.75 Å². The summed E-state index contributed by atoms with van der Waals surface area (Å²) < 4.78 is 48.0. The first kappa shape index (κ1) is 18.9. The van der Waals surface area contributed by atoms with E-state index in [2.05, 4.69) is 5.32 Å². The van der Waals surface area contributed by atoms with Crippen molar-refractivity contribution >= 4 is 21.6 Å². The van der Waals surface area contributed by atoms with E-state index >= 15 is 0 Å². The normalized spacial score (nSPS) is 21.9. The third-order valence-corrected chi connectivity index (χ3v) is 7.18. The molecule has 2 aliphatic rings. The van der Waals surface area contributed by atoms with Crippen molar-refractivity contribution < 1.29 is 22.3 Å². The van der Waals surface area contributed by atoms with E-state index in [9.17, 15) is 17.6 Å². The number of nitrogens with zero attached hydrogens (tertiary/aromatic N) is 1. The van der Waals surface area contributed by atoms with Gasteiger partial charge in [0.1, 0.15) is 22.1 Å². The average molecular weight is 404 g/mol. The first-order valence-electron chi connectivity index (χ1n) is 9.13. The predicted octanol–water partition coefficient (Wildman–Crippen LogP) is 2.94. The van der Waals surface area contributed by atoms with E-state index in [1.165, 1.54) is 23.4 Å². The van der Waals surface area contributed by atoms with E-state index in [1.807, 2.05) is 24.3 Å². The summed E-state index contributed by atoms with van der Waals surface area (Å²) in [7, 11) is -4.00. The third-order valence-electron chi connectivity index (χ3n) is 5.30. The Hall–Kier alpha value is -2.45. The average Bonchev–Trinajstić information content (AvgIpc) is 3.05. The van der Waals surface area contributed by atoms with E-state index < -0.39 is 26.3 Å². The number of aryl methyl sites for hydroxylation is 1. The van der Waals surface area contributed by atoms with Crippen LogP contribution in [0.3, 0.4) is 0 Å². The summed E-state index contributed by atoms with van der Waals surface area (Å²) in [6.45, 7) is 1.77. The van der Waals surface area contributed by atoms with Gasteiger partial charge in [-0.15, -0.1) is 0 Å². The van der Waals surface area contributed by atoms with Gasteiger partial charge >= 0.3 is 0 Å². The SMILES string of the molecule is CC(=O)Nc1ccc(S(=O)(=O)N2CCC3(CCc4ccccc4O3)C2)c(F)c1. The Morgan fingerprint density at radius 2 is 2.00 bits per heavy atom. The van der Waals surface area contributed by atoms with Gasteiger partial charge in [0.25, 0.3) is 0 Å². The molecule has 0 saturated carbocycles. The van der Waals surface area contributed by atoms with Crippen molar-refractivity contribution in [2.75, 3.05) is 18.4 Å². The van der Waals surface area contributed by atoms with Crippen LogP contribution in [0.2, 0.25) is 0 Å². The van der Waals surface area contributed by atoms with Crippen molar-refractivity contribution in [3.8, 4) is 5.75 Å². The number of rotatable bonds is 3. The van der Waals surface area contributed by atoms with Gasteiger partial charge in [0.2, 0.25) is 15.9 Å². The lowest BCUT2D eigenvalue weighted by Gasteiger charge is -2.35. The fraction of sp³-hybridized carbons (Fsp3) is 0.350. The molecule has 1 spiro atoms. The number of carbonyl (C=O) groups is 1. The maximum Gasteiger partial charge on any atom is 0.246 e. The lowest BCUT2D eigenvalue weighted by Crippen LogP contribution is -2.43. The molecule has 1 fully saturated rings. The van der Waals surface area contributed by atoms with Gasteiger partial charge in [0.05, 0.1) is 6.54 Å². The summed E-state index contributed by atoms with van der Waals surface area (Å²) in [6, 6.07) is 11.4. The number of carbonyl (C=O) groups excluding carboxylic acids is 1. The molecule has 1 N–H and O–H groups in total. The Labute approximate surface area is 163 Å². The minimum atomic E-state index is -4.00. The van der Waals surface area contributed by atoms with Crippen molar-refractivity contribution in [1.29, 1.82) is 0 Å². The second-order valence-corrected chi connectivity index (χ2v) is 9.21. The predicted molar refractivity (Wildman–Crippen MR) is 102 cm³/mol. The molecule has 2 aliphatic heterocycles. The zero-order chi connectivity index (χ0) is 19.9. The van der Waals surface area contributed by atoms with Crippen LogP contribution >= 0.6 is 0 Å². The number of nitrogens with one attached hydrogen (secondary N) is 1. The first-order valence-corrected chi connectivity index (χ1v) is 10.6. The molecule has 1 unspecified atom stereocenters. The maximum atomic E-state index is 14.5. The van der Waals surface area contributed by atoms with E-state index in [0.717, 1.165) is 30.2 Å². The number of hydrogen-bond donors (Lipinski definition) is 1. The van der Waals surface area contributed by atoms with Crippen molar-refractivity contribution in [3.63, 3.8) is 0 Å². The minimum absolute atomic E-state index is 0.191. The van der Waals surface area contributed by atoms with Crippen molar-refractivity contribution in [2.24, 2.45) is 0 Å². The molecule has 2 aromatic carbocycles. The van der Waals surface area contributed by atoms with E-state index in [1.54, 1.807) is 0 Å². The molecule has 2 heterocycles. The van der Waals surface area contributed by atoms with Gasteiger partial charge in [-0.1, -0.05) is 18.2 Å². The van der Waals surface area contributed by atoms with Gasteiger partial charge in [-0.05, 0) is 42.7 Å². The van der Waals surface area contributed by atoms with Crippen LogP contribution in [0, 0.1) is 5.82 Å². The molecule has 6 nitrogen and oxygen atoms in total. The Bertz CT molecular complexity index is 1040. The summed E-state index contributed by atoms with van der Waals surface area (Å²) in [6.07, 6.45) is 2.11. The molecule has 1 amide bonds. The summed E-state index contributed by atoms with van der Waals surface area (Å²) in [5, 5.41) is 2.44. The van der Waals surface area contributed by atoms with Gasteiger partial charge in [0.15, 0.2) is 0 Å². The molecule has 2 aromatic rings. The van der Waals surface area contributed by atoms with Gasteiger partial charge in [-0.3, -0.25) is 4.79 Å². The Kier molecular flexibility index (Phi) is 4.63. The molecular weight excluding hydrogens is 383 g/mol. The molecule has 0 radical (unpaired) electrons. The number of fused-ring (bicyclic) bond motifs is 1. The molecule has 0 aromatic heterocycles. The van der Waals surface area contributed by atoms with E-state index in [-0.39, 0.29) is 24.7 Å². The molecule has 1 atom stereocenters. The molecule has 28 heavy (non-hydrogen) atoms. The number of halogens is 1. The molecular formula is C20H21FN2O4S. The number of sulfonamides is 1. The number of benzene rings is 2. The molecule has 8 heteroatoms. The smallest absolute Gasteiger partial charge is 0.246 e. The van der Waals surface area contributed by atoms with Crippen LogP contribution in [0.15, 0.2) is 47.4 Å². The Morgan fingerprint density at radius 1 is 1.21 bits per heavy atom. The fourth-order valence-corrected chi connectivity index (χ4v) is 5.45. The highest BCUT2D eigenvalue weighted by Crippen LogP contribution is 2.40. The summed E-state index contributed by atoms with van der Waals surface area (Å²) in [4.78, 5) is 10.7. The second-order valence-electron chi connectivity index (χ2n) is 7.31. The van der Waals surface area contributed by atoms with Gasteiger partial charge in [0, 0.05) is 25.6 Å². The van der Waals surface area contributed by atoms with E-state index in [4.69, 9.17) is 4.74 Å². The van der Waals surface area contributed by atoms with Crippen molar-refractivity contribution in [2.45, 2.75) is 36.7 Å². The number of anilines is 1. The second kappa shape index (κ2) is 6.86. The van der Waals surface area contributed by atoms with Crippen molar-refractivity contribution in [1.82, 2.24) is 4.31 Å². The zero-order valence-electron chi connectivity index (χ0n) is 15.4. The van der Waals surface area contributed by atoms with Crippen LogP contribution < -0.4 is 10.1 Å². The number of hydrogen-bond acceptors (Lipinski definition) is 4. The molecule has 4 rings (SSSR count).